The van der Waals surface area contributed by atoms with E-state index in [0.29, 0.717) is 28.7 Å². The maximum absolute atomic E-state index is 11.9. The van der Waals surface area contributed by atoms with Gasteiger partial charge in [0.2, 0.25) is 0 Å². The molecule has 1 aliphatic heterocycles. The van der Waals surface area contributed by atoms with Crippen molar-refractivity contribution < 1.29 is 14.7 Å². The van der Waals surface area contributed by atoms with Crippen LogP contribution in [0.5, 0.6) is 0 Å². The molecule has 0 bridgehead atoms. The molecule has 0 unspecified atom stereocenters. The molecule has 1 aliphatic rings. The molecule has 2 N–H and O–H groups in total. The second kappa shape index (κ2) is 4.77. The highest BCUT2D eigenvalue weighted by Gasteiger charge is 2.32. The standard InChI is InChI=1S/C11H13N3O3S/c1-3-8-12-6(2)9(18-8)10(15)13-7-4-14(5-7)11(16)17/h3,7H,1,4-5H2,2H3,(H,13,15)(H,16,17). The highest BCUT2D eigenvalue weighted by molar-refractivity contribution is 7.14. The van der Waals surface area contributed by atoms with Gasteiger partial charge in [-0.25, -0.2) is 9.78 Å². The van der Waals surface area contributed by atoms with Crippen molar-refractivity contribution in [3.63, 3.8) is 0 Å². The van der Waals surface area contributed by atoms with Gasteiger partial charge in [0, 0.05) is 13.1 Å². The third-order valence-corrected chi connectivity index (χ3v) is 3.83. The summed E-state index contributed by atoms with van der Waals surface area (Å²) >= 11 is 1.28. The first-order valence-corrected chi connectivity index (χ1v) is 6.21. The molecule has 96 valence electrons. The molecule has 1 saturated heterocycles. The molecule has 1 aromatic rings. The van der Waals surface area contributed by atoms with Crippen molar-refractivity contribution in [1.29, 1.82) is 0 Å². The summed E-state index contributed by atoms with van der Waals surface area (Å²) < 4.78 is 0. The van der Waals surface area contributed by atoms with Crippen LogP contribution in [-0.2, 0) is 0 Å². The lowest BCUT2D eigenvalue weighted by Gasteiger charge is -2.37. The van der Waals surface area contributed by atoms with Crippen molar-refractivity contribution in [2.24, 2.45) is 0 Å². The molecule has 2 amide bonds. The first kappa shape index (κ1) is 12.6. The van der Waals surface area contributed by atoms with E-state index in [-0.39, 0.29) is 11.9 Å². The molecule has 0 aliphatic carbocycles. The Kier molecular flexibility index (Phi) is 3.33. The van der Waals surface area contributed by atoms with Crippen LogP contribution in [0.4, 0.5) is 4.79 Å². The number of amides is 2. The van der Waals surface area contributed by atoms with Crippen molar-refractivity contribution in [2.45, 2.75) is 13.0 Å². The normalized spacial score (nSPS) is 15.1. The fourth-order valence-electron chi connectivity index (χ4n) is 1.69. The van der Waals surface area contributed by atoms with E-state index in [1.165, 1.54) is 16.2 Å². The van der Waals surface area contributed by atoms with Gasteiger partial charge < -0.3 is 15.3 Å². The Morgan fingerprint density at radius 3 is 2.78 bits per heavy atom. The van der Waals surface area contributed by atoms with Gasteiger partial charge >= 0.3 is 6.09 Å². The molecule has 18 heavy (non-hydrogen) atoms. The van der Waals surface area contributed by atoms with Crippen LogP contribution in [0.3, 0.4) is 0 Å². The zero-order chi connectivity index (χ0) is 13.3. The average molecular weight is 267 g/mol. The van der Waals surface area contributed by atoms with Crippen molar-refractivity contribution in [1.82, 2.24) is 15.2 Å². The minimum absolute atomic E-state index is 0.109. The molecule has 0 aromatic carbocycles. The highest BCUT2D eigenvalue weighted by atomic mass is 32.1. The summed E-state index contributed by atoms with van der Waals surface area (Å²) in [5.74, 6) is -0.201. The lowest BCUT2D eigenvalue weighted by Crippen LogP contribution is -2.60. The average Bonchev–Trinajstić information content (AvgIpc) is 2.63. The van der Waals surface area contributed by atoms with Crippen molar-refractivity contribution >= 4 is 29.4 Å². The molecule has 0 saturated carbocycles. The molecule has 1 aromatic heterocycles. The van der Waals surface area contributed by atoms with Crippen LogP contribution in [0, 0.1) is 6.92 Å². The Balaban J connectivity index is 1.94. The van der Waals surface area contributed by atoms with Crippen LogP contribution in [-0.4, -0.2) is 46.1 Å². The van der Waals surface area contributed by atoms with Gasteiger partial charge in [0.15, 0.2) is 0 Å². The predicted octanol–water partition coefficient (Wildman–Crippen LogP) is 1.19. The molecule has 0 spiro atoms. The number of aryl methyl sites for hydroxylation is 1. The van der Waals surface area contributed by atoms with Crippen molar-refractivity contribution in [3.05, 3.63) is 22.2 Å². The molecule has 2 rings (SSSR count). The smallest absolute Gasteiger partial charge is 0.407 e. The summed E-state index contributed by atoms with van der Waals surface area (Å²) in [5.41, 5.74) is 0.668. The maximum Gasteiger partial charge on any atom is 0.407 e. The third kappa shape index (κ3) is 2.35. The number of carbonyl (C=O) groups is 2. The molecular weight excluding hydrogens is 254 g/mol. The number of carbonyl (C=O) groups excluding carboxylic acids is 1. The van der Waals surface area contributed by atoms with Gasteiger partial charge in [0.1, 0.15) is 9.88 Å². The van der Waals surface area contributed by atoms with Gasteiger partial charge in [-0.15, -0.1) is 11.3 Å². The Bertz CT molecular complexity index is 506. The number of hydrogen-bond acceptors (Lipinski definition) is 4. The van der Waals surface area contributed by atoms with Gasteiger partial charge in [-0.05, 0) is 13.0 Å². The summed E-state index contributed by atoms with van der Waals surface area (Å²) in [6.45, 7) is 6.05. The van der Waals surface area contributed by atoms with Gasteiger partial charge in [-0.2, -0.15) is 0 Å². The molecule has 0 atom stereocenters. The van der Waals surface area contributed by atoms with E-state index < -0.39 is 6.09 Å². The molecule has 2 heterocycles. The summed E-state index contributed by atoms with van der Waals surface area (Å²) in [7, 11) is 0. The van der Waals surface area contributed by atoms with Gasteiger partial charge in [0.05, 0.1) is 11.7 Å². The van der Waals surface area contributed by atoms with Crippen LogP contribution in [0.25, 0.3) is 6.08 Å². The topological polar surface area (TPSA) is 82.5 Å². The Morgan fingerprint density at radius 2 is 2.28 bits per heavy atom. The van der Waals surface area contributed by atoms with Gasteiger partial charge in [-0.1, -0.05) is 6.58 Å². The number of hydrogen-bond donors (Lipinski definition) is 2. The SMILES string of the molecule is C=Cc1nc(C)c(C(=O)NC2CN(C(=O)O)C2)s1. The molecule has 6 nitrogen and oxygen atoms in total. The number of thiazole rings is 1. The van der Waals surface area contributed by atoms with Crippen LogP contribution < -0.4 is 5.32 Å². The van der Waals surface area contributed by atoms with Crippen LogP contribution in [0.1, 0.15) is 20.4 Å². The van der Waals surface area contributed by atoms with Gasteiger partial charge in [0.25, 0.3) is 5.91 Å². The lowest BCUT2D eigenvalue weighted by atomic mass is 10.1. The minimum Gasteiger partial charge on any atom is -0.465 e. The third-order valence-electron chi connectivity index (χ3n) is 2.68. The molecule has 1 fully saturated rings. The molecular formula is C11H13N3O3S. The zero-order valence-corrected chi connectivity index (χ0v) is 10.7. The predicted molar refractivity (Wildman–Crippen MR) is 67.8 cm³/mol. The van der Waals surface area contributed by atoms with E-state index in [1.807, 2.05) is 0 Å². The summed E-state index contributed by atoms with van der Waals surface area (Å²) in [6, 6.07) is -0.109. The number of nitrogens with zero attached hydrogens (tertiary/aromatic N) is 2. The number of aromatic nitrogens is 1. The van der Waals surface area contributed by atoms with Crippen molar-refractivity contribution in [3.8, 4) is 0 Å². The minimum atomic E-state index is -0.955. The van der Waals surface area contributed by atoms with E-state index in [9.17, 15) is 9.59 Å². The first-order chi connectivity index (χ1) is 8.51. The summed E-state index contributed by atoms with van der Waals surface area (Å²) in [4.78, 5) is 28.5. The molecule has 0 radical (unpaired) electrons. The maximum atomic E-state index is 11.9. The van der Waals surface area contributed by atoms with E-state index in [2.05, 4.69) is 16.9 Å². The Labute approximate surface area is 108 Å². The Hall–Kier alpha value is -1.89. The highest BCUT2D eigenvalue weighted by Crippen LogP contribution is 2.19. The molecule has 7 heteroatoms. The van der Waals surface area contributed by atoms with Crippen LogP contribution >= 0.6 is 11.3 Å². The van der Waals surface area contributed by atoms with E-state index in [4.69, 9.17) is 5.11 Å². The second-order valence-corrected chi connectivity index (χ2v) is 5.06. The van der Waals surface area contributed by atoms with Gasteiger partial charge in [-0.3, -0.25) is 4.79 Å². The number of rotatable bonds is 3. The van der Waals surface area contributed by atoms with Crippen LogP contribution in [0.15, 0.2) is 6.58 Å². The summed E-state index contributed by atoms with van der Waals surface area (Å²) in [6.07, 6.45) is 0.646. The number of nitrogens with one attached hydrogen (secondary N) is 1. The summed E-state index contributed by atoms with van der Waals surface area (Å²) in [5, 5.41) is 12.2. The number of likely N-dealkylation sites (tertiary alicyclic amines) is 1. The van der Waals surface area contributed by atoms with E-state index >= 15 is 0 Å². The van der Waals surface area contributed by atoms with Crippen molar-refractivity contribution in [2.75, 3.05) is 13.1 Å². The fraction of sp³-hybridized carbons (Fsp3) is 0.364. The lowest BCUT2D eigenvalue weighted by molar-refractivity contribution is 0.0770. The van der Waals surface area contributed by atoms with Crippen LogP contribution in [0.2, 0.25) is 0 Å². The quantitative estimate of drug-likeness (QED) is 0.861. The monoisotopic (exact) mass is 267 g/mol. The Morgan fingerprint density at radius 1 is 1.61 bits per heavy atom. The zero-order valence-electron chi connectivity index (χ0n) is 9.84. The fourth-order valence-corrected chi connectivity index (χ4v) is 2.51. The number of carboxylic acid groups (broad SMARTS) is 1. The largest absolute Gasteiger partial charge is 0.465 e. The van der Waals surface area contributed by atoms with E-state index in [0.717, 1.165) is 0 Å². The first-order valence-electron chi connectivity index (χ1n) is 5.40. The van der Waals surface area contributed by atoms with E-state index in [1.54, 1.807) is 13.0 Å². The second-order valence-electron chi connectivity index (χ2n) is 4.03.